The van der Waals surface area contributed by atoms with Gasteiger partial charge in [-0.25, -0.2) is 4.57 Å². The van der Waals surface area contributed by atoms with Crippen LogP contribution in [0.5, 0.6) is 11.5 Å². The highest BCUT2D eigenvalue weighted by Gasteiger charge is 2.28. The summed E-state index contributed by atoms with van der Waals surface area (Å²) in [5.74, 6) is 0.830. The minimum Gasteiger partial charge on any atom is -0.416 e. The number of hydrogen-bond donors (Lipinski definition) is 2. The van der Waals surface area contributed by atoms with Crippen LogP contribution in [0.15, 0.2) is 65.8 Å². The SMILES string of the molecule is NC(CCP(=O)(Oc1ccccc1)Oc1ccccc1)=NO. The fourth-order valence-electron chi connectivity index (χ4n) is 1.70. The Labute approximate surface area is 128 Å². The molecule has 0 saturated carbocycles. The van der Waals surface area contributed by atoms with Crippen molar-refractivity contribution in [2.45, 2.75) is 6.42 Å². The van der Waals surface area contributed by atoms with Crippen molar-refractivity contribution in [1.82, 2.24) is 0 Å². The molecule has 0 unspecified atom stereocenters. The van der Waals surface area contributed by atoms with Crippen LogP contribution in [0.2, 0.25) is 0 Å². The van der Waals surface area contributed by atoms with Crippen molar-refractivity contribution in [3.8, 4) is 11.5 Å². The molecule has 0 aliphatic carbocycles. The predicted octanol–water partition coefficient (Wildman–Crippen LogP) is 3.47. The van der Waals surface area contributed by atoms with E-state index < -0.39 is 7.60 Å². The first-order valence-electron chi connectivity index (χ1n) is 6.66. The van der Waals surface area contributed by atoms with E-state index in [-0.39, 0.29) is 18.4 Å². The number of hydrogen-bond acceptors (Lipinski definition) is 5. The molecule has 0 radical (unpaired) electrons. The third-order valence-corrected chi connectivity index (χ3v) is 4.49. The van der Waals surface area contributed by atoms with Gasteiger partial charge < -0.3 is 20.0 Å². The van der Waals surface area contributed by atoms with Crippen LogP contribution in [0.4, 0.5) is 0 Å². The summed E-state index contributed by atoms with van der Waals surface area (Å²) >= 11 is 0. The van der Waals surface area contributed by atoms with Gasteiger partial charge >= 0.3 is 7.60 Å². The van der Waals surface area contributed by atoms with Crippen LogP contribution in [0, 0.1) is 0 Å². The van der Waals surface area contributed by atoms with Crippen LogP contribution in [-0.2, 0) is 4.57 Å². The van der Waals surface area contributed by atoms with Crippen LogP contribution in [0.25, 0.3) is 0 Å². The molecule has 0 heterocycles. The average molecular weight is 320 g/mol. The smallest absolute Gasteiger partial charge is 0.416 e. The van der Waals surface area contributed by atoms with Crippen molar-refractivity contribution in [3.63, 3.8) is 0 Å². The number of rotatable bonds is 7. The largest absolute Gasteiger partial charge is 0.431 e. The van der Waals surface area contributed by atoms with Gasteiger partial charge in [0, 0.05) is 6.42 Å². The molecular weight excluding hydrogens is 303 g/mol. The maximum atomic E-state index is 12.9. The molecule has 0 bridgehead atoms. The second kappa shape index (κ2) is 7.52. The highest BCUT2D eigenvalue weighted by molar-refractivity contribution is 7.54. The van der Waals surface area contributed by atoms with Crippen molar-refractivity contribution in [2.24, 2.45) is 10.9 Å². The third-order valence-electron chi connectivity index (χ3n) is 2.75. The lowest BCUT2D eigenvalue weighted by Crippen LogP contribution is -2.16. The zero-order valence-corrected chi connectivity index (χ0v) is 12.7. The summed E-state index contributed by atoms with van der Waals surface area (Å²) in [5.41, 5.74) is 5.43. The van der Waals surface area contributed by atoms with Gasteiger partial charge in [-0.2, -0.15) is 0 Å². The first-order valence-corrected chi connectivity index (χ1v) is 8.39. The third kappa shape index (κ3) is 4.82. The Bertz CT molecular complexity index is 616. The molecule has 7 heteroatoms. The van der Waals surface area contributed by atoms with Crippen molar-refractivity contribution in [2.75, 3.05) is 6.16 Å². The van der Waals surface area contributed by atoms with Gasteiger partial charge in [0.15, 0.2) is 0 Å². The van der Waals surface area contributed by atoms with Crippen LogP contribution in [0.1, 0.15) is 6.42 Å². The zero-order valence-electron chi connectivity index (χ0n) is 11.8. The lowest BCUT2D eigenvalue weighted by molar-refractivity contribution is 0.317. The van der Waals surface area contributed by atoms with Crippen molar-refractivity contribution >= 4 is 13.4 Å². The normalized spacial score (nSPS) is 11.9. The fourth-order valence-corrected chi connectivity index (χ4v) is 3.30. The highest BCUT2D eigenvalue weighted by Crippen LogP contribution is 2.48. The Morgan fingerprint density at radius 1 is 1.00 bits per heavy atom. The standard InChI is InChI=1S/C15H17N2O4P/c16-15(17-18)11-12-22(19,20-13-7-3-1-4-8-13)21-14-9-5-2-6-10-14/h1-10,18H,11-12H2,(H2,16,17). The molecule has 3 N–H and O–H groups in total. The van der Waals surface area contributed by atoms with E-state index in [4.69, 9.17) is 20.0 Å². The summed E-state index contributed by atoms with van der Waals surface area (Å²) in [6, 6.07) is 17.5. The Morgan fingerprint density at radius 2 is 1.45 bits per heavy atom. The zero-order chi connectivity index (χ0) is 15.8. The molecule has 0 saturated heterocycles. The van der Waals surface area contributed by atoms with Gasteiger partial charge in [-0.15, -0.1) is 0 Å². The molecule has 2 aromatic rings. The van der Waals surface area contributed by atoms with Crippen molar-refractivity contribution < 1.29 is 18.8 Å². The summed E-state index contributed by atoms with van der Waals surface area (Å²) in [6.07, 6.45) is 0.0835. The topological polar surface area (TPSA) is 94.1 Å². The lowest BCUT2D eigenvalue weighted by atomic mass is 10.3. The number of amidine groups is 1. The molecule has 22 heavy (non-hydrogen) atoms. The number of nitrogens with two attached hydrogens (primary N) is 1. The molecule has 2 aromatic carbocycles. The van der Waals surface area contributed by atoms with Crippen molar-refractivity contribution in [3.05, 3.63) is 60.7 Å². The van der Waals surface area contributed by atoms with E-state index in [1.807, 2.05) is 12.1 Å². The van der Waals surface area contributed by atoms with Crippen molar-refractivity contribution in [1.29, 1.82) is 0 Å². The molecule has 0 atom stereocenters. The molecule has 0 aliphatic heterocycles. The van der Waals surface area contributed by atoms with E-state index in [1.54, 1.807) is 48.5 Å². The van der Waals surface area contributed by atoms with E-state index in [2.05, 4.69) is 5.16 Å². The molecule has 0 aliphatic rings. The van der Waals surface area contributed by atoms with E-state index >= 15 is 0 Å². The Kier molecular flexibility index (Phi) is 5.44. The summed E-state index contributed by atoms with van der Waals surface area (Å²) < 4.78 is 24.0. The monoisotopic (exact) mass is 320 g/mol. The van der Waals surface area contributed by atoms with Gasteiger partial charge in [0.1, 0.15) is 17.3 Å². The lowest BCUT2D eigenvalue weighted by Gasteiger charge is -2.19. The summed E-state index contributed by atoms with van der Waals surface area (Å²) in [7, 11) is -3.50. The molecule has 6 nitrogen and oxygen atoms in total. The van der Waals surface area contributed by atoms with Gasteiger partial charge in [-0.3, -0.25) is 0 Å². The summed E-state index contributed by atoms with van der Waals surface area (Å²) in [6.45, 7) is 0. The van der Waals surface area contributed by atoms with Gasteiger partial charge in [-0.05, 0) is 24.3 Å². The van der Waals surface area contributed by atoms with E-state index in [1.165, 1.54) is 0 Å². The van der Waals surface area contributed by atoms with E-state index in [0.717, 1.165) is 0 Å². The van der Waals surface area contributed by atoms with Gasteiger partial charge in [-0.1, -0.05) is 41.6 Å². The molecule has 0 aromatic heterocycles. The van der Waals surface area contributed by atoms with E-state index in [9.17, 15) is 4.57 Å². The maximum absolute atomic E-state index is 12.9. The first-order chi connectivity index (χ1) is 10.6. The summed E-state index contributed by atoms with van der Waals surface area (Å²) in [5, 5.41) is 11.5. The van der Waals surface area contributed by atoms with Gasteiger partial charge in [0.25, 0.3) is 0 Å². The predicted molar refractivity (Wildman–Crippen MR) is 84.6 cm³/mol. The minimum absolute atomic E-state index is 0.00726. The van der Waals surface area contributed by atoms with Crippen LogP contribution >= 0.6 is 7.60 Å². The Balaban J connectivity index is 2.17. The quantitative estimate of drug-likeness (QED) is 0.268. The van der Waals surface area contributed by atoms with E-state index in [0.29, 0.717) is 11.5 Å². The molecule has 2 rings (SSSR count). The molecule has 0 spiro atoms. The summed E-state index contributed by atoms with van der Waals surface area (Å²) in [4.78, 5) is 0. The molecule has 0 fully saturated rings. The number of nitrogens with zero attached hydrogens (tertiary/aromatic N) is 1. The number of para-hydroxylation sites is 2. The fraction of sp³-hybridized carbons (Fsp3) is 0.133. The van der Waals surface area contributed by atoms with Gasteiger partial charge in [0.2, 0.25) is 0 Å². The number of oxime groups is 1. The first kappa shape index (κ1) is 15.9. The number of benzene rings is 2. The highest BCUT2D eigenvalue weighted by atomic mass is 31.2. The molecular formula is C15H17N2O4P. The molecule has 116 valence electrons. The Hall–Kier alpha value is -2.46. The second-order valence-corrected chi connectivity index (χ2v) is 6.52. The van der Waals surface area contributed by atoms with Crippen LogP contribution in [-0.4, -0.2) is 17.2 Å². The average Bonchev–Trinajstić information content (AvgIpc) is 2.54. The Morgan fingerprint density at radius 3 is 1.86 bits per heavy atom. The van der Waals surface area contributed by atoms with Crippen LogP contribution in [0.3, 0.4) is 0 Å². The molecule has 0 amide bonds. The maximum Gasteiger partial charge on any atom is 0.431 e. The van der Waals surface area contributed by atoms with Gasteiger partial charge in [0.05, 0.1) is 6.16 Å². The second-order valence-electron chi connectivity index (χ2n) is 4.48. The van der Waals surface area contributed by atoms with Crippen LogP contribution < -0.4 is 14.8 Å². The minimum atomic E-state index is -3.50.